The fourth-order valence-corrected chi connectivity index (χ4v) is 2.48. The zero-order valence-electron chi connectivity index (χ0n) is 12.7. The number of likely N-dealkylation sites (N-methyl/N-ethyl adjacent to an activating group) is 1. The summed E-state index contributed by atoms with van der Waals surface area (Å²) < 4.78 is 5.01. The fraction of sp³-hybridized carbons (Fsp3) is 0.562. The van der Waals surface area contributed by atoms with Crippen LogP contribution in [-0.4, -0.2) is 25.7 Å². The molecule has 0 amide bonds. The van der Waals surface area contributed by atoms with E-state index in [1.165, 1.54) is 22.3 Å². The maximum Gasteiger partial charge on any atom is 0.307 e. The van der Waals surface area contributed by atoms with Gasteiger partial charge in [-0.05, 0) is 57.9 Å². The molecule has 3 heteroatoms. The van der Waals surface area contributed by atoms with Gasteiger partial charge < -0.3 is 10.1 Å². The Morgan fingerprint density at radius 2 is 1.84 bits per heavy atom. The zero-order valence-corrected chi connectivity index (χ0v) is 12.7. The van der Waals surface area contributed by atoms with Gasteiger partial charge in [0.05, 0.1) is 13.0 Å². The second-order valence-corrected chi connectivity index (χ2v) is 5.08. The molecule has 106 valence electrons. The molecule has 1 atom stereocenters. The smallest absolute Gasteiger partial charge is 0.307 e. The average molecular weight is 263 g/mol. The Morgan fingerprint density at radius 3 is 2.32 bits per heavy atom. The summed E-state index contributed by atoms with van der Waals surface area (Å²) in [5.41, 5.74) is 5.20. The minimum absolute atomic E-state index is 0.124. The molecule has 0 heterocycles. The maximum absolute atomic E-state index is 11.6. The molecule has 0 saturated carbocycles. The van der Waals surface area contributed by atoms with E-state index in [1.54, 1.807) is 0 Å². The maximum atomic E-state index is 11.6. The standard InChI is InChI=1S/C16H25NO2/c1-6-19-16(18)10-14(17-5)9-15-12(3)7-11(2)8-13(15)4/h7-8,14,17H,6,9-10H2,1-5H3. The Morgan fingerprint density at radius 1 is 1.26 bits per heavy atom. The molecule has 0 aliphatic rings. The third-order valence-corrected chi connectivity index (χ3v) is 3.42. The molecular formula is C16H25NO2. The van der Waals surface area contributed by atoms with Crippen LogP contribution < -0.4 is 5.32 Å². The van der Waals surface area contributed by atoms with E-state index in [-0.39, 0.29) is 12.0 Å². The first-order chi connectivity index (χ1) is 8.97. The van der Waals surface area contributed by atoms with Crippen molar-refractivity contribution in [1.82, 2.24) is 5.32 Å². The SMILES string of the molecule is CCOC(=O)CC(Cc1c(C)cc(C)cc1C)NC. The lowest BCUT2D eigenvalue weighted by Crippen LogP contribution is -2.31. The van der Waals surface area contributed by atoms with Crippen LogP contribution in [-0.2, 0) is 16.0 Å². The summed E-state index contributed by atoms with van der Waals surface area (Å²) in [7, 11) is 1.89. The molecule has 0 aliphatic heterocycles. The van der Waals surface area contributed by atoms with Gasteiger partial charge in [-0.1, -0.05) is 17.7 Å². The van der Waals surface area contributed by atoms with Crippen molar-refractivity contribution in [1.29, 1.82) is 0 Å². The van der Waals surface area contributed by atoms with Crippen molar-refractivity contribution in [3.05, 3.63) is 34.4 Å². The largest absolute Gasteiger partial charge is 0.466 e. The van der Waals surface area contributed by atoms with Crippen molar-refractivity contribution in [2.24, 2.45) is 0 Å². The lowest BCUT2D eigenvalue weighted by Gasteiger charge is -2.19. The fourth-order valence-electron chi connectivity index (χ4n) is 2.48. The average Bonchev–Trinajstić information content (AvgIpc) is 2.32. The summed E-state index contributed by atoms with van der Waals surface area (Å²) >= 11 is 0. The number of rotatable bonds is 6. The first-order valence-electron chi connectivity index (χ1n) is 6.87. The van der Waals surface area contributed by atoms with E-state index in [4.69, 9.17) is 4.74 Å². The van der Waals surface area contributed by atoms with Gasteiger partial charge in [-0.3, -0.25) is 4.79 Å². The molecular weight excluding hydrogens is 238 g/mol. The van der Waals surface area contributed by atoms with E-state index in [9.17, 15) is 4.79 Å². The molecule has 1 aromatic rings. The van der Waals surface area contributed by atoms with Gasteiger partial charge in [0.15, 0.2) is 0 Å². The normalized spacial score (nSPS) is 12.3. The number of carbonyl (C=O) groups is 1. The van der Waals surface area contributed by atoms with E-state index < -0.39 is 0 Å². The van der Waals surface area contributed by atoms with Gasteiger partial charge >= 0.3 is 5.97 Å². The summed E-state index contributed by atoms with van der Waals surface area (Å²) in [6, 6.07) is 4.51. The third kappa shape index (κ3) is 4.67. The first-order valence-corrected chi connectivity index (χ1v) is 6.87. The highest BCUT2D eigenvalue weighted by Crippen LogP contribution is 2.19. The van der Waals surface area contributed by atoms with Crippen LogP contribution >= 0.6 is 0 Å². The van der Waals surface area contributed by atoms with Crippen LogP contribution in [0, 0.1) is 20.8 Å². The Balaban J connectivity index is 2.78. The second-order valence-electron chi connectivity index (χ2n) is 5.08. The number of ether oxygens (including phenoxy) is 1. The number of hydrogen-bond donors (Lipinski definition) is 1. The van der Waals surface area contributed by atoms with Gasteiger partial charge in [-0.2, -0.15) is 0 Å². The lowest BCUT2D eigenvalue weighted by molar-refractivity contribution is -0.143. The predicted octanol–water partition coefficient (Wildman–Crippen LogP) is 2.70. The topological polar surface area (TPSA) is 38.3 Å². The monoisotopic (exact) mass is 263 g/mol. The van der Waals surface area contributed by atoms with Crippen molar-refractivity contribution < 1.29 is 9.53 Å². The van der Waals surface area contributed by atoms with Gasteiger partial charge in [-0.25, -0.2) is 0 Å². The number of esters is 1. The lowest BCUT2D eigenvalue weighted by atomic mass is 9.93. The second kappa shape index (κ2) is 7.29. The Bertz CT molecular complexity index is 417. The zero-order chi connectivity index (χ0) is 14.4. The van der Waals surface area contributed by atoms with Crippen molar-refractivity contribution in [2.75, 3.05) is 13.7 Å². The van der Waals surface area contributed by atoms with Crippen molar-refractivity contribution in [2.45, 2.75) is 46.6 Å². The van der Waals surface area contributed by atoms with Gasteiger partial charge in [0.1, 0.15) is 0 Å². The Kier molecular flexibility index (Phi) is 6.03. The van der Waals surface area contributed by atoms with Crippen LogP contribution in [0.3, 0.4) is 0 Å². The number of aryl methyl sites for hydroxylation is 3. The van der Waals surface area contributed by atoms with Crippen LogP contribution in [0.15, 0.2) is 12.1 Å². The molecule has 1 N–H and O–H groups in total. The molecule has 0 aromatic heterocycles. The van der Waals surface area contributed by atoms with Crippen LogP contribution in [0.1, 0.15) is 35.6 Å². The molecule has 0 aliphatic carbocycles. The van der Waals surface area contributed by atoms with Gasteiger partial charge in [0, 0.05) is 6.04 Å². The predicted molar refractivity (Wildman–Crippen MR) is 78.5 cm³/mol. The number of hydrogen-bond acceptors (Lipinski definition) is 3. The highest BCUT2D eigenvalue weighted by molar-refractivity contribution is 5.70. The molecule has 19 heavy (non-hydrogen) atoms. The van der Waals surface area contributed by atoms with Crippen LogP contribution in [0.25, 0.3) is 0 Å². The molecule has 1 rings (SSSR count). The van der Waals surface area contributed by atoms with Crippen molar-refractivity contribution in [3.8, 4) is 0 Å². The summed E-state index contributed by atoms with van der Waals surface area (Å²) in [6.45, 7) is 8.65. The molecule has 3 nitrogen and oxygen atoms in total. The summed E-state index contributed by atoms with van der Waals surface area (Å²) in [5.74, 6) is -0.135. The molecule has 0 spiro atoms. The third-order valence-electron chi connectivity index (χ3n) is 3.42. The van der Waals surface area contributed by atoms with Crippen molar-refractivity contribution in [3.63, 3.8) is 0 Å². The highest BCUT2D eigenvalue weighted by Gasteiger charge is 2.15. The van der Waals surface area contributed by atoms with Gasteiger partial charge in [0.25, 0.3) is 0 Å². The number of nitrogens with one attached hydrogen (secondary N) is 1. The van der Waals surface area contributed by atoms with Crippen LogP contribution in [0.5, 0.6) is 0 Å². The molecule has 0 fully saturated rings. The summed E-state index contributed by atoms with van der Waals surface area (Å²) in [5, 5.41) is 3.21. The summed E-state index contributed by atoms with van der Waals surface area (Å²) in [4.78, 5) is 11.6. The highest BCUT2D eigenvalue weighted by atomic mass is 16.5. The molecule has 0 bridgehead atoms. The molecule has 0 saturated heterocycles. The first kappa shape index (κ1) is 15.7. The Labute approximate surface area is 116 Å². The van der Waals surface area contributed by atoms with Gasteiger partial charge in [0.2, 0.25) is 0 Å². The quantitative estimate of drug-likeness (QED) is 0.802. The van der Waals surface area contributed by atoms with E-state index >= 15 is 0 Å². The van der Waals surface area contributed by atoms with E-state index in [2.05, 4.69) is 38.2 Å². The van der Waals surface area contributed by atoms with E-state index in [0.717, 1.165) is 6.42 Å². The van der Waals surface area contributed by atoms with Crippen molar-refractivity contribution >= 4 is 5.97 Å². The van der Waals surface area contributed by atoms with Gasteiger partial charge in [-0.15, -0.1) is 0 Å². The van der Waals surface area contributed by atoms with E-state index in [0.29, 0.717) is 13.0 Å². The molecule has 1 unspecified atom stereocenters. The molecule has 1 aromatic carbocycles. The van der Waals surface area contributed by atoms with E-state index in [1.807, 2.05) is 14.0 Å². The number of carbonyl (C=O) groups excluding carboxylic acids is 1. The van der Waals surface area contributed by atoms with Crippen LogP contribution in [0.4, 0.5) is 0 Å². The minimum Gasteiger partial charge on any atom is -0.466 e. The minimum atomic E-state index is -0.135. The summed E-state index contributed by atoms with van der Waals surface area (Å²) in [6.07, 6.45) is 1.27. The molecule has 0 radical (unpaired) electrons. The van der Waals surface area contributed by atoms with Crippen LogP contribution in [0.2, 0.25) is 0 Å². The Hall–Kier alpha value is -1.35. The number of benzene rings is 1.